The third kappa shape index (κ3) is 4.54. The summed E-state index contributed by atoms with van der Waals surface area (Å²) < 4.78 is 5.53. The molecule has 0 fully saturated rings. The topological polar surface area (TPSA) is 92.8 Å². The van der Waals surface area contributed by atoms with Crippen LogP contribution in [0.2, 0.25) is 0 Å². The molecule has 3 aromatic rings. The summed E-state index contributed by atoms with van der Waals surface area (Å²) in [7, 11) is 0. The van der Waals surface area contributed by atoms with Gasteiger partial charge in [0.05, 0.1) is 0 Å². The number of nitrogens with zero attached hydrogens (tertiary/aromatic N) is 3. The fourth-order valence-electron chi connectivity index (χ4n) is 2.30. The van der Waals surface area contributed by atoms with Gasteiger partial charge in [0.25, 0.3) is 5.91 Å². The van der Waals surface area contributed by atoms with Gasteiger partial charge in [-0.3, -0.25) is 4.79 Å². The van der Waals surface area contributed by atoms with Crippen LogP contribution in [0.5, 0.6) is 5.75 Å². The number of amides is 1. The van der Waals surface area contributed by atoms with Crippen LogP contribution in [0.15, 0.2) is 60.7 Å². The number of benzene rings is 2. The first kappa shape index (κ1) is 17.3. The molecule has 1 amide bonds. The van der Waals surface area contributed by atoms with Gasteiger partial charge in [0.2, 0.25) is 5.82 Å². The second-order valence-electron chi connectivity index (χ2n) is 5.89. The predicted octanol–water partition coefficient (Wildman–Crippen LogP) is 2.75. The first-order valence-electron chi connectivity index (χ1n) is 8.10. The van der Waals surface area contributed by atoms with E-state index in [1.807, 2.05) is 31.2 Å². The molecule has 0 aliphatic heterocycles. The van der Waals surface area contributed by atoms with E-state index in [2.05, 4.69) is 32.5 Å². The number of hydrogen-bond donors (Lipinski definition) is 2. The molecule has 0 saturated carbocycles. The molecule has 7 heteroatoms. The van der Waals surface area contributed by atoms with Crippen molar-refractivity contribution in [2.75, 3.05) is 6.61 Å². The molecule has 0 aliphatic carbocycles. The smallest absolute Gasteiger partial charge is 0.251 e. The summed E-state index contributed by atoms with van der Waals surface area (Å²) in [5.41, 5.74) is 3.29. The fraction of sp³-hybridized carbons (Fsp3) is 0.158. The molecule has 0 bridgehead atoms. The maximum Gasteiger partial charge on any atom is 0.251 e. The predicted molar refractivity (Wildman–Crippen MR) is 97.5 cm³/mol. The van der Waals surface area contributed by atoms with Crippen molar-refractivity contribution >= 4 is 5.91 Å². The van der Waals surface area contributed by atoms with Gasteiger partial charge in [-0.15, -0.1) is 10.2 Å². The second kappa shape index (κ2) is 8.06. The minimum Gasteiger partial charge on any atom is -0.489 e. The van der Waals surface area contributed by atoms with Gasteiger partial charge in [0.15, 0.2) is 0 Å². The molecular weight excluding hydrogens is 330 g/mol. The lowest BCUT2D eigenvalue weighted by Gasteiger charge is -2.08. The van der Waals surface area contributed by atoms with Gasteiger partial charge in [-0.2, -0.15) is 5.21 Å². The van der Waals surface area contributed by atoms with Crippen molar-refractivity contribution in [3.63, 3.8) is 0 Å². The Morgan fingerprint density at radius 1 is 1.23 bits per heavy atom. The van der Waals surface area contributed by atoms with Crippen LogP contribution >= 0.6 is 0 Å². The highest BCUT2D eigenvalue weighted by Gasteiger charge is 2.07. The van der Waals surface area contributed by atoms with Crippen molar-refractivity contribution < 1.29 is 9.53 Å². The summed E-state index contributed by atoms with van der Waals surface area (Å²) in [6.07, 6.45) is 0. The van der Waals surface area contributed by atoms with Gasteiger partial charge >= 0.3 is 0 Å². The average molecular weight is 349 g/mol. The van der Waals surface area contributed by atoms with Crippen molar-refractivity contribution in [2.24, 2.45) is 0 Å². The fourth-order valence-corrected chi connectivity index (χ4v) is 2.30. The van der Waals surface area contributed by atoms with Crippen LogP contribution in [0.1, 0.15) is 22.8 Å². The van der Waals surface area contributed by atoms with Gasteiger partial charge < -0.3 is 10.1 Å². The second-order valence-corrected chi connectivity index (χ2v) is 5.89. The van der Waals surface area contributed by atoms with Crippen molar-refractivity contribution in [3.05, 3.63) is 71.8 Å². The van der Waals surface area contributed by atoms with Crippen molar-refractivity contribution in [1.29, 1.82) is 0 Å². The summed E-state index contributed by atoms with van der Waals surface area (Å²) >= 11 is 0. The molecule has 26 heavy (non-hydrogen) atoms. The summed E-state index contributed by atoms with van der Waals surface area (Å²) in [5, 5.41) is 16.8. The van der Waals surface area contributed by atoms with Gasteiger partial charge in [-0.25, -0.2) is 0 Å². The number of aromatic amines is 1. The Hall–Kier alpha value is -3.48. The van der Waals surface area contributed by atoms with E-state index in [1.165, 1.54) is 0 Å². The Labute approximate surface area is 151 Å². The van der Waals surface area contributed by atoms with Gasteiger partial charge in [-0.05, 0) is 53.6 Å². The number of rotatable bonds is 7. The molecule has 132 valence electrons. The molecule has 7 nitrogen and oxygen atoms in total. The Kier molecular flexibility index (Phi) is 5.38. The molecule has 0 unspecified atom stereocenters. The average Bonchev–Trinajstić information content (AvgIpc) is 3.20. The molecule has 0 spiro atoms. The first-order chi connectivity index (χ1) is 12.6. The number of ether oxygens (including phenoxy) is 1. The lowest BCUT2D eigenvalue weighted by molar-refractivity contribution is 0.0951. The van der Waals surface area contributed by atoms with Crippen LogP contribution < -0.4 is 10.1 Å². The number of hydrogen-bond acceptors (Lipinski definition) is 5. The van der Waals surface area contributed by atoms with Crippen LogP contribution in [0.25, 0.3) is 11.4 Å². The van der Waals surface area contributed by atoms with E-state index in [0.717, 1.165) is 16.7 Å². The molecule has 0 atom stereocenters. The Morgan fingerprint density at radius 2 is 2.04 bits per heavy atom. The van der Waals surface area contributed by atoms with Crippen molar-refractivity contribution in [3.8, 4) is 17.1 Å². The Bertz CT molecular complexity index is 889. The maximum atomic E-state index is 12.3. The van der Waals surface area contributed by atoms with E-state index in [4.69, 9.17) is 4.74 Å². The third-order valence-electron chi connectivity index (χ3n) is 3.59. The number of aromatic nitrogens is 4. The van der Waals surface area contributed by atoms with E-state index in [1.54, 1.807) is 24.3 Å². The number of carbonyl (C=O) groups is 1. The van der Waals surface area contributed by atoms with E-state index >= 15 is 0 Å². The van der Waals surface area contributed by atoms with E-state index in [-0.39, 0.29) is 5.91 Å². The summed E-state index contributed by atoms with van der Waals surface area (Å²) in [6.45, 7) is 6.55. The summed E-state index contributed by atoms with van der Waals surface area (Å²) in [6, 6.07) is 14.6. The minimum absolute atomic E-state index is 0.151. The molecule has 2 aromatic carbocycles. The van der Waals surface area contributed by atoms with Crippen LogP contribution in [0.3, 0.4) is 0 Å². The monoisotopic (exact) mass is 349 g/mol. The molecule has 1 aromatic heterocycles. The molecule has 3 rings (SSSR count). The molecule has 0 radical (unpaired) electrons. The van der Waals surface area contributed by atoms with Crippen molar-refractivity contribution in [2.45, 2.75) is 13.5 Å². The van der Waals surface area contributed by atoms with E-state index in [0.29, 0.717) is 30.3 Å². The van der Waals surface area contributed by atoms with E-state index in [9.17, 15) is 4.79 Å². The molecule has 1 heterocycles. The van der Waals surface area contributed by atoms with Crippen LogP contribution in [-0.4, -0.2) is 33.1 Å². The Morgan fingerprint density at radius 3 is 2.73 bits per heavy atom. The normalized spacial score (nSPS) is 10.3. The number of tetrazole rings is 1. The highest BCUT2D eigenvalue weighted by molar-refractivity contribution is 5.94. The quantitative estimate of drug-likeness (QED) is 0.640. The van der Waals surface area contributed by atoms with Crippen LogP contribution in [-0.2, 0) is 6.54 Å². The Balaban J connectivity index is 1.58. The van der Waals surface area contributed by atoms with Crippen molar-refractivity contribution in [1.82, 2.24) is 25.9 Å². The molecule has 0 saturated heterocycles. The summed E-state index contributed by atoms with van der Waals surface area (Å²) in [4.78, 5) is 12.3. The molecule has 0 aliphatic rings. The maximum absolute atomic E-state index is 12.3. The highest BCUT2D eigenvalue weighted by atomic mass is 16.5. The third-order valence-corrected chi connectivity index (χ3v) is 3.59. The zero-order chi connectivity index (χ0) is 18.4. The van der Waals surface area contributed by atoms with Gasteiger partial charge in [0.1, 0.15) is 12.4 Å². The first-order valence-corrected chi connectivity index (χ1v) is 8.10. The minimum atomic E-state index is -0.151. The molecular formula is C19H19N5O2. The lowest BCUT2D eigenvalue weighted by atomic mass is 10.1. The number of carbonyl (C=O) groups excluding carboxylic acids is 1. The SMILES string of the molecule is C=C(C)COc1ccc(C(=O)NCc2cccc(-c3nn[nH]n3)c2)cc1. The summed E-state index contributed by atoms with van der Waals surface area (Å²) in [5.74, 6) is 1.07. The zero-order valence-corrected chi connectivity index (χ0v) is 14.4. The number of H-pyrrole nitrogens is 1. The standard InChI is InChI=1S/C19H19N5O2/c1-13(2)12-26-17-8-6-15(7-9-17)19(25)20-11-14-4-3-5-16(10-14)18-21-23-24-22-18/h3-10H,1,11-12H2,2H3,(H,20,25)(H,21,22,23,24). The largest absolute Gasteiger partial charge is 0.489 e. The van der Waals surface area contributed by atoms with Gasteiger partial charge in [-0.1, -0.05) is 24.8 Å². The number of nitrogens with one attached hydrogen (secondary N) is 2. The highest BCUT2D eigenvalue weighted by Crippen LogP contribution is 2.16. The zero-order valence-electron chi connectivity index (χ0n) is 14.4. The van der Waals surface area contributed by atoms with Crippen LogP contribution in [0.4, 0.5) is 0 Å². The lowest BCUT2D eigenvalue weighted by Crippen LogP contribution is -2.22. The van der Waals surface area contributed by atoms with E-state index < -0.39 is 0 Å². The van der Waals surface area contributed by atoms with Crippen LogP contribution in [0, 0.1) is 0 Å². The van der Waals surface area contributed by atoms with Gasteiger partial charge in [0, 0.05) is 17.7 Å². The molecule has 2 N–H and O–H groups in total.